The third-order valence-corrected chi connectivity index (χ3v) is 3.89. The van der Waals surface area contributed by atoms with Crippen molar-refractivity contribution < 1.29 is 9.53 Å². The van der Waals surface area contributed by atoms with Crippen LogP contribution in [-0.2, 0) is 6.54 Å². The number of aromatic nitrogens is 3. The van der Waals surface area contributed by atoms with E-state index in [1.807, 2.05) is 18.2 Å². The van der Waals surface area contributed by atoms with E-state index in [4.69, 9.17) is 16.3 Å². The molecule has 0 saturated heterocycles. The molecule has 25 heavy (non-hydrogen) atoms. The van der Waals surface area contributed by atoms with Crippen molar-refractivity contribution in [1.82, 2.24) is 20.1 Å². The van der Waals surface area contributed by atoms with Crippen LogP contribution in [0.2, 0.25) is 5.02 Å². The molecule has 0 aliphatic rings. The fourth-order valence-electron chi connectivity index (χ4n) is 2.43. The van der Waals surface area contributed by atoms with Crippen molar-refractivity contribution in [3.63, 3.8) is 0 Å². The number of methoxy groups -OCH3 is 1. The molecule has 0 aliphatic carbocycles. The molecule has 1 N–H and O–H groups in total. The Kier molecular flexibility index (Phi) is 5.30. The maximum Gasteiger partial charge on any atom is 0.251 e. The zero-order chi connectivity index (χ0) is 17.6. The first kappa shape index (κ1) is 17.0. The summed E-state index contributed by atoms with van der Waals surface area (Å²) in [4.78, 5) is 16.3. The van der Waals surface area contributed by atoms with E-state index in [0.29, 0.717) is 29.4 Å². The first-order valence-electron chi connectivity index (χ1n) is 7.72. The molecule has 0 bridgehead atoms. The lowest BCUT2D eigenvalue weighted by Gasteiger charge is -2.09. The molecule has 0 unspecified atom stereocenters. The standard InChI is InChI=1S/C18H17ClN4O2/c1-25-17-11-20-7-6-16(17)13-2-4-14(5-3-13)18(24)21-8-9-23-12-15(19)10-22-23/h2-7,10-12H,8-9H2,1H3,(H,21,24). The van der Waals surface area contributed by atoms with E-state index in [9.17, 15) is 4.79 Å². The van der Waals surface area contributed by atoms with Crippen LogP contribution in [-0.4, -0.2) is 34.3 Å². The lowest BCUT2D eigenvalue weighted by Crippen LogP contribution is -2.27. The highest BCUT2D eigenvalue weighted by molar-refractivity contribution is 6.30. The minimum atomic E-state index is -0.133. The van der Waals surface area contributed by atoms with Gasteiger partial charge in [-0.1, -0.05) is 23.7 Å². The smallest absolute Gasteiger partial charge is 0.251 e. The number of carbonyl (C=O) groups excluding carboxylic acids is 1. The van der Waals surface area contributed by atoms with Crippen molar-refractivity contribution in [2.24, 2.45) is 0 Å². The molecule has 128 valence electrons. The van der Waals surface area contributed by atoms with Crippen molar-refractivity contribution in [2.75, 3.05) is 13.7 Å². The van der Waals surface area contributed by atoms with Gasteiger partial charge in [0.05, 0.1) is 31.1 Å². The number of halogens is 1. The van der Waals surface area contributed by atoms with Crippen LogP contribution in [0.4, 0.5) is 0 Å². The lowest BCUT2D eigenvalue weighted by atomic mass is 10.0. The molecule has 3 aromatic rings. The molecule has 1 amide bonds. The number of nitrogens with zero attached hydrogens (tertiary/aromatic N) is 3. The molecule has 0 fully saturated rings. The highest BCUT2D eigenvalue weighted by Gasteiger charge is 2.08. The van der Waals surface area contributed by atoms with E-state index in [0.717, 1.165) is 11.1 Å². The number of benzene rings is 1. The van der Waals surface area contributed by atoms with Gasteiger partial charge in [-0.2, -0.15) is 5.10 Å². The van der Waals surface area contributed by atoms with E-state index >= 15 is 0 Å². The quantitative estimate of drug-likeness (QED) is 0.737. The minimum absolute atomic E-state index is 0.133. The fraction of sp³-hybridized carbons (Fsp3) is 0.167. The van der Waals surface area contributed by atoms with Crippen molar-refractivity contribution in [2.45, 2.75) is 6.54 Å². The third kappa shape index (κ3) is 4.16. The van der Waals surface area contributed by atoms with Gasteiger partial charge in [-0.15, -0.1) is 0 Å². The van der Waals surface area contributed by atoms with Gasteiger partial charge in [-0.05, 0) is 23.8 Å². The number of hydrogen-bond donors (Lipinski definition) is 1. The van der Waals surface area contributed by atoms with Gasteiger partial charge >= 0.3 is 0 Å². The summed E-state index contributed by atoms with van der Waals surface area (Å²) in [6, 6.07) is 9.23. The fourth-order valence-corrected chi connectivity index (χ4v) is 2.59. The summed E-state index contributed by atoms with van der Waals surface area (Å²) in [6.45, 7) is 1.03. The molecule has 0 saturated carbocycles. The van der Waals surface area contributed by atoms with Crippen LogP contribution >= 0.6 is 11.6 Å². The molecule has 2 aromatic heterocycles. The van der Waals surface area contributed by atoms with Gasteiger partial charge < -0.3 is 10.1 Å². The molecule has 1 aromatic carbocycles. The number of nitrogens with one attached hydrogen (secondary N) is 1. The Morgan fingerprint density at radius 1 is 1.24 bits per heavy atom. The molecule has 0 atom stereocenters. The topological polar surface area (TPSA) is 69.0 Å². The Hall–Kier alpha value is -2.86. The Labute approximate surface area is 150 Å². The predicted octanol–water partition coefficient (Wildman–Crippen LogP) is 3.04. The Morgan fingerprint density at radius 3 is 2.72 bits per heavy atom. The van der Waals surface area contributed by atoms with E-state index in [2.05, 4.69) is 15.4 Å². The summed E-state index contributed by atoms with van der Waals surface area (Å²) in [5, 5.41) is 7.50. The Balaban J connectivity index is 1.62. The average molecular weight is 357 g/mol. The normalized spacial score (nSPS) is 10.5. The second-order valence-corrected chi connectivity index (χ2v) is 5.77. The van der Waals surface area contributed by atoms with Crippen LogP contribution in [0, 0.1) is 0 Å². The molecule has 0 aliphatic heterocycles. The Bertz CT molecular complexity index is 862. The zero-order valence-corrected chi connectivity index (χ0v) is 14.4. The van der Waals surface area contributed by atoms with Gasteiger partial charge in [0, 0.05) is 30.1 Å². The molecule has 6 nitrogen and oxygen atoms in total. The van der Waals surface area contributed by atoms with Gasteiger partial charge in [-0.3, -0.25) is 14.5 Å². The van der Waals surface area contributed by atoms with E-state index in [-0.39, 0.29) is 5.91 Å². The summed E-state index contributed by atoms with van der Waals surface area (Å²) in [7, 11) is 1.61. The van der Waals surface area contributed by atoms with Crippen LogP contribution in [0.5, 0.6) is 5.75 Å². The maximum atomic E-state index is 12.2. The van der Waals surface area contributed by atoms with Crippen LogP contribution < -0.4 is 10.1 Å². The SMILES string of the molecule is COc1cnccc1-c1ccc(C(=O)NCCn2cc(Cl)cn2)cc1. The van der Waals surface area contributed by atoms with Crippen molar-refractivity contribution >= 4 is 17.5 Å². The van der Waals surface area contributed by atoms with E-state index in [1.54, 1.807) is 48.7 Å². The van der Waals surface area contributed by atoms with E-state index in [1.165, 1.54) is 0 Å². The average Bonchev–Trinajstić information content (AvgIpc) is 3.07. The largest absolute Gasteiger partial charge is 0.494 e. The second kappa shape index (κ2) is 7.81. The van der Waals surface area contributed by atoms with Crippen LogP contribution in [0.3, 0.4) is 0 Å². The summed E-state index contributed by atoms with van der Waals surface area (Å²) in [6.07, 6.45) is 6.65. The summed E-state index contributed by atoms with van der Waals surface area (Å²) in [5.74, 6) is 0.559. The highest BCUT2D eigenvalue weighted by Crippen LogP contribution is 2.28. The number of rotatable bonds is 6. The zero-order valence-electron chi connectivity index (χ0n) is 13.6. The van der Waals surface area contributed by atoms with Crippen LogP contribution in [0.15, 0.2) is 55.1 Å². The molecule has 3 rings (SSSR count). The lowest BCUT2D eigenvalue weighted by molar-refractivity contribution is 0.0952. The number of ether oxygens (including phenoxy) is 1. The monoisotopic (exact) mass is 356 g/mol. The van der Waals surface area contributed by atoms with Gasteiger partial charge in [0.2, 0.25) is 0 Å². The van der Waals surface area contributed by atoms with Crippen molar-refractivity contribution in [3.8, 4) is 16.9 Å². The molecular formula is C18H17ClN4O2. The van der Waals surface area contributed by atoms with Crippen LogP contribution in [0.1, 0.15) is 10.4 Å². The number of carbonyl (C=O) groups is 1. The summed E-state index contributed by atoms with van der Waals surface area (Å²) < 4.78 is 7.00. The van der Waals surface area contributed by atoms with Gasteiger partial charge in [0.25, 0.3) is 5.91 Å². The van der Waals surface area contributed by atoms with Gasteiger partial charge in [0.1, 0.15) is 5.75 Å². The number of amides is 1. The Morgan fingerprint density at radius 2 is 2.04 bits per heavy atom. The second-order valence-electron chi connectivity index (χ2n) is 5.33. The molecule has 0 spiro atoms. The van der Waals surface area contributed by atoms with Gasteiger partial charge in [-0.25, -0.2) is 0 Å². The molecule has 7 heteroatoms. The number of pyridine rings is 1. The highest BCUT2D eigenvalue weighted by atomic mass is 35.5. The van der Waals surface area contributed by atoms with Crippen LogP contribution in [0.25, 0.3) is 11.1 Å². The van der Waals surface area contributed by atoms with Crippen molar-refractivity contribution in [1.29, 1.82) is 0 Å². The van der Waals surface area contributed by atoms with Gasteiger partial charge in [0.15, 0.2) is 0 Å². The maximum absolute atomic E-state index is 12.2. The summed E-state index contributed by atoms with van der Waals surface area (Å²) >= 11 is 5.80. The number of hydrogen-bond acceptors (Lipinski definition) is 4. The van der Waals surface area contributed by atoms with E-state index < -0.39 is 0 Å². The molecular weight excluding hydrogens is 340 g/mol. The first-order chi connectivity index (χ1) is 12.2. The third-order valence-electron chi connectivity index (χ3n) is 3.69. The molecule has 2 heterocycles. The van der Waals surface area contributed by atoms with Crippen molar-refractivity contribution in [3.05, 3.63) is 65.7 Å². The summed E-state index contributed by atoms with van der Waals surface area (Å²) in [5.41, 5.74) is 2.48. The minimum Gasteiger partial charge on any atom is -0.494 e. The first-order valence-corrected chi connectivity index (χ1v) is 8.10. The molecule has 0 radical (unpaired) electrons. The predicted molar refractivity (Wildman–Crippen MR) is 95.8 cm³/mol.